The lowest BCUT2D eigenvalue weighted by Gasteiger charge is -2.33. The van der Waals surface area contributed by atoms with Gasteiger partial charge in [0.1, 0.15) is 12.4 Å². The number of nitrogens with one attached hydrogen (secondary N) is 2. The van der Waals surface area contributed by atoms with Crippen LogP contribution in [0.15, 0.2) is 66.7 Å². The fourth-order valence-corrected chi connectivity index (χ4v) is 4.53. The lowest BCUT2D eigenvalue weighted by molar-refractivity contribution is -0.130. The van der Waals surface area contributed by atoms with E-state index in [2.05, 4.69) is 16.9 Å². The Labute approximate surface area is 198 Å². The summed E-state index contributed by atoms with van der Waals surface area (Å²) in [6, 6.07) is 16.9. The van der Waals surface area contributed by atoms with Crippen molar-refractivity contribution >= 4 is 22.7 Å². The van der Waals surface area contributed by atoms with E-state index in [1.807, 2.05) is 37.3 Å². The molecule has 2 aromatic carbocycles. The molecular weight excluding hydrogens is 430 g/mol. The van der Waals surface area contributed by atoms with Gasteiger partial charge in [0.2, 0.25) is 5.91 Å². The first-order valence-corrected chi connectivity index (χ1v) is 11.4. The summed E-state index contributed by atoms with van der Waals surface area (Å²) >= 11 is 0. The maximum absolute atomic E-state index is 12.8. The average molecular weight is 460 g/mol. The highest BCUT2D eigenvalue weighted by molar-refractivity contribution is 5.94. The zero-order valence-electron chi connectivity index (χ0n) is 19.2. The minimum atomic E-state index is -0.461. The lowest BCUT2D eigenvalue weighted by atomic mass is 9.80. The molecule has 0 aliphatic heterocycles. The van der Waals surface area contributed by atoms with Crippen LogP contribution >= 0.6 is 0 Å². The molecule has 0 radical (unpaired) electrons. The predicted octanol–water partition coefficient (Wildman–Crippen LogP) is 4.47. The summed E-state index contributed by atoms with van der Waals surface area (Å²) in [5, 5.41) is 13.0. The van der Waals surface area contributed by atoms with Gasteiger partial charge in [-0.05, 0) is 68.5 Å². The fourth-order valence-electron chi connectivity index (χ4n) is 4.53. The molecule has 2 atom stereocenters. The number of nitrogens with zero attached hydrogens (tertiary/aromatic N) is 1. The van der Waals surface area contributed by atoms with Gasteiger partial charge in [0, 0.05) is 34.7 Å². The molecule has 7 nitrogen and oxygen atoms in total. The highest BCUT2D eigenvalue weighted by Gasteiger charge is 2.30. The van der Waals surface area contributed by atoms with Crippen LogP contribution in [0.2, 0.25) is 0 Å². The molecular formula is C27H29N3O4. The highest BCUT2D eigenvalue weighted by Crippen LogP contribution is 2.30. The third-order valence-electron chi connectivity index (χ3n) is 6.26. The molecule has 3 N–H and O–H groups in total. The van der Waals surface area contributed by atoms with Crippen molar-refractivity contribution in [2.45, 2.75) is 45.3 Å². The largest absolute Gasteiger partial charge is 0.489 e. The van der Waals surface area contributed by atoms with Gasteiger partial charge in [-0.1, -0.05) is 30.4 Å². The normalized spacial score (nSPS) is 17.9. The number of carbonyl (C=O) groups excluding carboxylic acids is 2. The maximum atomic E-state index is 12.8. The monoisotopic (exact) mass is 459 g/mol. The Hall–Kier alpha value is -3.71. The Morgan fingerprint density at radius 2 is 1.94 bits per heavy atom. The predicted molar refractivity (Wildman–Crippen MR) is 130 cm³/mol. The molecule has 0 spiro atoms. The van der Waals surface area contributed by atoms with Crippen LogP contribution in [0.25, 0.3) is 10.9 Å². The average Bonchev–Trinajstić information content (AvgIpc) is 2.84. The summed E-state index contributed by atoms with van der Waals surface area (Å²) < 4.78 is 5.99. The first-order valence-electron chi connectivity index (χ1n) is 11.4. The van der Waals surface area contributed by atoms with Gasteiger partial charge in [0.15, 0.2) is 0 Å². The van der Waals surface area contributed by atoms with Crippen molar-refractivity contribution in [1.29, 1.82) is 0 Å². The number of fused-ring (bicyclic) bond motifs is 1. The SMILES string of the molecule is C=C1CCC(NC(=O)c2ccc(OCc3cc(C)nc4ccccc34)cc2)C(CC(=O)NO)C1. The minimum absolute atomic E-state index is 0.0985. The number of pyridine rings is 1. The molecule has 1 saturated carbocycles. The van der Waals surface area contributed by atoms with Gasteiger partial charge in [-0.25, -0.2) is 5.48 Å². The summed E-state index contributed by atoms with van der Waals surface area (Å²) in [6.07, 6.45) is 2.30. The highest BCUT2D eigenvalue weighted by atomic mass is 16.5. The number of hydrogen-bond donors (Lipinski definition) is 3. The zero-order chi connectivity index (χ0) is 24.1. The molecule has 4 rings (SSSR count). The third kappa shape index (κ3) is 5.61. The number of hydrogen-bond acceptors (Lipinski definition) is 5. The van der Waals surface area contributed by atoms with E-state index in [1.165, 1.54) is 0 Å². The Morgan fingerprint density at radius 1 is 1.18 bits per heavy atom. The second-order valence-corrected chi connectivity index (χ2v) is 8.82. The Balaban J connectivity index is 1.39. The molecule has 7 heteroatoms. The standard InChI is InChI=1S/C27H29N3O4/c1-17-7-12-24(20(13-17)15-26(31)30-33)29-27(32)19-8-10-22(11-9-19)34-16-21-14-18(2)28-25-6-4-3-5-23(21)25/h3-6,8-11,14,20,24,33H,1,7,12-13,15-16H2,2H3,(H,29,32)(H,30,31). The molecule has 0 saturated heterocycles. The smallest absolute Gasteiger partial charge is 0.251 e. The second kappa shape index (κ2) is 10.5. The van der Waals surface area contributed by atoms with E-state index >= 15 is 0 Å². The van der Waals surface area contributed by atoms with E-state index < -0.39 is 5.91 Å². The first-order chi connectivity index (χ1) is 16.4. The zero-order valence-corrected chi connectivity index (χ0v) is 19.2. The van der Waals surface area contributed by atoms with Gasteiger partial charge < -0.3 is 10.1 Å². The van der Waals surface area contributed by atoms with Crippen LogP contribution in [0.4, 0.5) is 0 Å². The molecule has 0 bridgehead atoms. The third-order valence-corrected chi connectivity index (χ3v) is 6.26. The number of aromatic nitrogens is 1. The summed E-state index contributed by atoms with van der Waals surface area (Å²) in [7, 11) is 0. The van der Waals surface area contributed by atoms with Gasteiger partial charge in [-0.3, -0.25) is 19.8 Å². The van der Waals surface area contributed by atoms with E-state index in [1.54, 1.807) is 29.7 Å². The quantitative estimate of drug-likeness (QED) is 0.275. The van der Waals surface area contributed by atoms with Gasteiger partial charge in [0.25, 0.3) is 5.91 Å². The van der Waals surface area contributed by atoms with Gasteiger partial charge in [0.05, 0.1) is 5.52 Å². The molecule has 176 valence electrons. The number of benzene rings is 2. The van der Waals surface area contributed by atoms with Crippen LogP contribution in [0, 0.1) is 12.8 Å². The number of rotatable bonds is 7. The van der Waals surface area contributed by atoms with Crippen molar-refractivity contribution in [3.8, 4) is 5.75 Å². The molecule has 1 fully saturated rings. The molecule has 2 amide bonds. The van der Waals surface area contributed by atoms with Crippen molar-refractivity contribution in [2.24, 2.45) is 5.92 Å². The summed E-state index contributed by atoms with van der Waals surface area (Å²) in [6.45, 7) is 6.38. The second-order valence-electron chi connectivity index (χ2n) is 8.82. The number of ether oxygens (including phenoxy) is 1. The van der Waals surface area contributed by atoms with Gasteiger partial charge in [-0.15, -0.1) is 0 Å². The van der Waals surface area contributed by atoms with E-state index in [0.29, 0.717) is 30.8 Å². The van der Waals surface area contributed by atoms with Crippen molar-refractivity contribution < 1.29 is 19.5 Å². The van der Waals surface area contributed by atoms with Gasteiger partial charge >= 0.3 is 0 Å². The molecule has 1 aliphatic carbocycles. The number of carbonyl (C=O) groups is 2. The van der Waals surface area contributed by atoms with Crippen molar-refractivity contribution in [3.63, 3.8) is 0 Å². The molecule has 34 heavy (non-hydrogen) atoms. The van der Waals surface area contributed by atoms with E-state index in [9.17, 15) is 9.59 Å². The van der Waals surface area contributed by atoms with E-state index in [-0.39, 0.29) is 24.3 Å². The minimum Gasteiger partial charge on any atom is -0.489 e. The van der Waals surface area contributed by atoms with Crippen LogP contribution in [0.3, 0.4) is 0 Å². The van der Waals surface area contributed by atoms with Crippen LogP contribution in [-0.2, 0) is 11.4 Å². The number of hydroxylamine groups is 1. The Morgan fingerprint density at radius 3 is 2.71 bits per heavy atom. The molecule has 2 unspecified atom stereocenters. The van der Waals surface area contributed by atoms with Crippen LogP contribution in [0.5, 0.6) is 5.75 Å². The van der Waals surface area contributed by atoms with Crippen LogP contribution < -0.4 is 15.5 Å². The van der Waals surface area contributed by atoms with Crippen molar-refractivity contribution in [2.75, 3.05) is 0 Å². The number of allylic oxidation sites excluding steroid dienone is 1. The summed E-state index contributed by atoms with van der Waals surface area (Å²) in [5.74, 6) is -0.0907. The topological polar surface area (TPSA) is 101 Å². The van der Waals surface area contributed by atoms with E-state index in [0.717, 1.165) is 34.2 Å². The van der Waals surface area contributed by atoms with Crippen molar-refractivity contribution in [3.05, 3.63) is 83.6 Å². The van der Waals surface area contributed by atoms with Crippen LogP contribution in [-0.4, -0.2) is 28.0 Å². The number of aryl methyl sites for hydroxylation is 1. The molecule has 3 aromatic rings. The van der Waals surface area contributed by atoms with E-state index in [4.69, 9.17) is 9.94 Å². The fraction of sp³-hybridized carbons (Fsp3) is 0.296. The Kier molecular flexibility index (Phi) is 7.23. The Bertz CT molecular complexity index is 1210. The molecule has 1 aromatic heterocycles. The molecule has 1 aliphatic rings. The number of para-hydroxylation sites is 1. The summed E-state index contributed by atoms with van der Waals surface area (Å²) in [4.78, 5) is 29.1. The number of amides is 2. The van der Waals surface area contributed by atoms with Gasteiger partial charge in [-0.2, -0.15) is 0 Å². The summed E-state index contributed by atoms with van der Waals surface area (Å²) in [5.41, 5.74) is 6.18. The molecule has 1 heterocycles. The lowest BCUT2D eigenvalue weighted by Crippen LogP contribution is -2.44. The van der Waals surface area contributed by atoms with Crippen LogP contribution in [0.1, 0.15) is 47.3 Å². The maximum Gasteiger partial charge on any atom is 0.251 e. The first kappa shape index (κ1) is 23.4. The van der Waals surface area contributed by atoms with Crippen molar-refractivity contribution in [1.82, 2.24) is 15.8 Å².